The summed E-state index contributed by atoms with van der Waals surface area (Å²) in [4.78, 5) is 1.21. The van der Waals surface area contributed by atoms with Crippen LogP contribution in [0.1, 0.15) is 31.1 Å². The molecule has 20 heavy (non-hydrogen) atoms. The van der Waals surface area contributed by atoms with Crippen molar-refractivity contribution in [2.24, 2.45) is 0 Å². The zero-order chi connectivity index (χ0) is 14.5. The SMILES string of the molecule is Cc1cccc(SCC(O)Cc2ccn(C(C)C)n2)c1. The number of rotatable bonds is 6. The molecule has 4 heteroatoms. The maximum Gasteiger partial charge on any atom is 0.0690 e. The Morgan fingerprint density at radius 2 is 2.10 bits per heavy atom. The van der Waals surface area contributed by atoms with Gasteiger partial charge in [-0.25, -0.2) is 0 Å². The molecule has 108 valence electrons. The molecular formula is C16H22N2OS. The van der Waals surface area contributed by atoms with E-state index < -0.39 is 0 Å². The van der Waals surface area contributed by atoms with E-state index in [1.165, 1.54) is 10.5 Å². The fourth-order valence-corrected chi connectivity index (χ4v) is 2.92. The van der Waals surface area contributed by atoms with Gasteiger partial charge >= 0.3 is 0 Å². The van der Waals surface area contributed by atoms with Crippen LogP contribution in [0, 0.1) is 6.92 Å². The molecule has 1 heterocycles. The maximum atomic E-state index is 10.1. The van der Waals surface area contributed by atoms with Crippen LogP contribution in [0.5, 0.6) is 0 Å². The predicted octanol–water partition coefficient (Wildman–Crippen LogP) is 3.47. The van der Waals surface area contributed by atoms with Gasteiger partial charge in [-0.2, -0.15) is 5.10 Å². The number of benzene rings is 1. The molecular weight excluding hydrogens is 268 g/mol. The number of nitrogens with zero attached hydrogens (tertiary/aromatic N) is 2. The van der Waals surface area contributed by atoms with Gasteiger partial charge in [0.15, 0.2) is 0 Å². The predicted molar refractivity (Wildman–Crippen MR) is 84.2 cm³/mol. The number of aliphatic hydroxyl groups excluding tert-OH is 1. The standard InChI is InChI=1S/C16H22N2OS/c1-12(2)18-8-7-14(17-18)10-15(19)11-20-16-6-4-5-13(3)9-16/h4-9,12,15,19H,10-11H2,1-3H3. The molecule has 1 N–H and O–H groups in total. The van der Waals surface area contributed by atoms with Crippen molar-refractivity contribution >= 4 is 11.8 Å². The molecule has 3 nitrogen and oxygen atoms in total. The largest absolute Gasteiger partial charge is 0.392 e. The third-order valence-corrected chi connectivity index (χ3v) is 4.21. The summed E-state index contributed by atoms with van der Waals surface area (Å²) >= 11 is 1.69. The molecule has 1 aromatic heterocycles. The topological polar surface area (TPSA) is 38.0 Å². The first-order valence-corrected chi connectivity index (χ1v) is 7.94. The van der Waals surface area contributed by atoms with Gasteiger partial charge < -0.3 is 5.11 Å². The summed E-state index contributed by atoms with van der Waals surface area (Å²) in [5, 5.41) is 14.6. The van der Waals surface area contributed by atoms with Crippen LogP contribution >= 0.6 is 11.8 Å². The van der Waals surface area contributed by atoms with Crippen molar-refractivity contribution in [3.05, 3.63) is 47.8 Å². The quantitative estimate of drug-likeness (QED) is 0.828. The van der Waals surface area contributed by atoms with Gasteiger partial charge in [-0.15, -0.1) is 11.8 Å². The van der Waals surface area contributed by atoms with Gasteiger partial charge in [-0.3, -0.25) is 4.68 Å². The first-order chi connectivity index (χ1) is 9.54. The zero-order valence-corrected chi connectivity index (χ0v) is 13.1. The maximum absolute atomic E-state index is 10.1. The number of aliphatic hydroxyl groups is 1. The van der Waals surface area contributed by atoms with Gasteiger partial charge in [0.1, 0.15) is 0 Å². The molecule has 2 aromatic rings. The van der Waals surface area contributed by atoms with Crippen LogP contribution in [0.2, 0.25) is 0 Å². The van der Waals surface area contributed by atoms with Crippen LogP contribution in [-0.4, -0.2) is 26.7 Å². The van der Waals surface area contributed by atoms with Crippen molar-refractivity contribution in [2.75, 3.05) is 5.75 Å². The Hall–Kier alpha value is -1.26. The second kappa shape index (κ2) is 6.95. The number of hydrogen-bond acceptors (Lipinski definition) is 3. The van der Waals surface area contributed by atoms with Crippen molar-refractivity contribution in [1.82, 2.24) is 9.78 Å². The minimum absolute atomic E-state index is 0.363. The van der Waals surface area contributed by atoms with E-state index >= 15 is 0 Å². The Morgan fingerprint density at radius 1 is 1.30 bits per heavy atom. The van der Waals surface area contributed by atoms with E-state index in [-0.39, 0.29) is 6.10 Å². The Kier molecular flexibility index (Phi) is 5.26. The molecule has 1 aromatic carbocycles. The van der Waals surface area contributed by atoms with Crippen molar-refractivity contribution < 1.29 is 5.11 Å². The van der Waals surface area contributed by atoms with E-state index in [1.807, 2.05) is 23.0 Å². The van der Waals surface area contributed by atoms with Gasteiger partial charge in [0.25, 0.3) is 0 Å². The molecule has 0 aliphatic rings. The fraction of sp³-hybridized carbons (Fsp3) is 0.438. The highest BCUT2D eigenvalue weighted by Gasteiger charge is 2.10. The van der Waals surface area contributed by atoms with Crippen LogP contribution < -0.4 is 0 Å². The van der Waals surface area contributed by atoms with E-state index in [2.05, 4.69) is 44.1 Å². The van der Waals surface area contributed by atoms with Gasteiger partial charge in [-0.05, 0) is 39.0 Å². The molecule has 1 unspecified atom stereocenters. The summed E-state index contributed by atoms with van der Waals surface area (Å²) in [7, 11) is 0. The minimum Gasteiger partial charge on any atom is -0.392 e. The van der Waals surface area contributed by atoms with Crippen molar-refractivity contribution in [1.29, 1.82) is 0 Å². The van der Waals surface area contributed by atoms with Crippen molar-refractivity contribution in [3.63, 3.8) is 0 Å². The summed E-state index contributed by atoms with van der Waals surface area (Å²) in [5.74, 6) is 0.692. The number of thioether (sulfide) groups is 1. The lowest BCUT2D eigenvalue weighted by molar-refractivity contribution is 0.198. The summed E-state index contributed by atoms with van der Waals surface area (Å²) < 4.78 is 1.93. The van der Waals surface area contributed by atoms with Gasteiger partial charge in [0, 0.05) is 29.3 Å². The monoisotopic (exact) mass is 290 g/mol. The lowest BCUT2D eigenvalue weighted by Gasteiger charge is -2.09. The molecule has 0 fully saturated rings. The number of aromatic nitrogens is 2. The average Bonchev–Trinajstić information content (AvgIpc) is 2.85. The molecule has 0 aliphatic carbocycles. The number of aryl methyl sites for hydroxylation is 1. The van der Waals surface area contributed by atoms with Crippen LogP contribution in [-0.2, 0) is 6.42 Å². The molecule has 0 spiro atoms. The van der Waals surface area contributed by atoms with Crippen LogP contribution in [0.15, 0.2) is 41.4 Å². The Morgan fingerprint density at radius 3 is 2.75 bits per heavy atom. The van der Waals surface area contributed by atoms with Crippen molar-refractivity contribution in [2.45, 2.75) is 44.2 Å². The summed E-state index contributed by atoms with van der Waals surface area (Å²) in [5.41, 5.74) is 2.20. The van der Waals surface area contributed by atoms with Crippen LogP contribution in [0.3, 0.4) is 0 Å². The van der Waals surface area contributed by atoms with Gasteiger partial charge in [0.2, 0.25) is 0 Å². The van der Waals surface area contributed by atoms with Gasteiger partial charge in [0.05, 0.1) is 11.8 Å². The third kappa shape index (κ3) is 4.39. The molecule has 2 rings (SSSR count). The second-order valence-corrected chi connectivity index (χ2v) is 6.46. The zero-order valence-electron chi connectivity index (χ0n) is 12.3. The highest BCUT2D eigenvalue weighted by atomic mass is 32.2. The molecule has 0 amide bonds. The van der Waals surface area contributed by atoms with E-state index in [0.717, 1.165) is 5.69 Å². The fourth-order valence-electron chi connectivity index (χ4n) is 1.97. The lowest BCUT2D eigenvalue weighted by Crippen LogP contribution is -2.14. The highest BCUT2D eigenvalue weighted by molar-refractivity contribution is 7.99. The molecule has 0 saturated carbocycles. The minimum atomic E-state index is -0.365. The molecule has 0 radical (unpaired) electrons. The van der Waals surface area contributed by atoms with Crippen LogP contribution in [0.25, 0.3) is 0 Å². The van der Waals surface area contributed by atoms with E-state index in [4.69, 9.17) is 0 Å². The Balaban J connectivity index is 1.84. The average molecular weight is 290 g/mol. The first kappa shape index (κ1) is 15.1. The van der Waals surface area contributed by atoms with E-state index in [1.54, 1.807) is 11.8 Å². The number of hydrogen-bond donors (Lipinski definition) is 1. The summed E-state index contributed by atoms with van der Waals surface area (Å²) in [6.07, 6.45) is 2.22. The lowest BCUT2D eigenvalue weighted by atomic mass is 10.2. The summed E-state index contributed by atoms with van der Waals surface area (Å²) in [6, 6.07) is 10.7. The molecule has 0 bridgehead atoms. The van der Waals surface area contributed by atoms with Crippen molar-refractivity contribution in [3.8, 4) is 0 Å². The normalized spacial score (nSPS) is 12.8. The van der Waals surface area contributed by atoms with E-state index in [9.17, 15) is 5.11 Å². The Labute approximate surface area is 125 Å². The Bertz CT molecular complexity index is 551. The smallest absolute Gasteiger partial charge is 0.0690 e. The second-order valence-electron chi connectivity index (χ2n) is 5.37. The molecule has 0 saturated heterocycles. The third-order valence-electron chi connectivity index (χ3n) is 3.07. The summed E-state index contributed by atoms with van der Waals surface area (Å²) in [6.45, 7) is 6.28. The van der Waals surface area contributed by atoms with Gasteiger partial charge in [-0.1, -0.05) is 17.7 Å². The molecule has 0 aliphatic heterocycles. The van der Waals surface area contributed by atoms with E-state index in [0.29, 0.717) is 18.2 Å². The highest BCUT2D eigenvalue weighted by Crippen LogP contribution is 2.20. The first-order valence-electron chi connectivity index (χ1n) is 6.96. The molecule has 1 atom stereocenters. The van der Waals surface area contributed by atoms with Crippen LogP contribution in [0.4, 0.5) is 0 Å².